The van der Waals surface area contributed by atoms with Gasteiger partial charge in [0.05, 0.1) is 34.4 Å². The molecule has 0 aliphatic carbocycles. The minimum atomic E-state index is -1.51. The number of unbranched alkanes of at least 4 members (excludes halogenated alkanes) is 18. The molecule has 0 radical (unpaired) electrons. The second-order valence-electron chi connectivity index (χ2n) is 16.3. The molecule has 330 valence electrons. The smallest absolute Gasteiger partial charge is 0.361 e. The summed E-state index contributed by atoms with van der Waals surface area (Å²) in [5.41, 5.74) is 0. The second-order valence-corrected chi connectivity index (χ2v) is 16.3. The highest BCUT2D eigenvalue weighted by atomic mass is 16.7. The molecular weight excluding hydrogens is 719 g/mol. The van der Waals surface area contributed by atoms with Gasteiger partial charge in [-0.3, -0.25) is 9.59 Å². The van der Waals surface area contributed by atoms with Crippen molar-refractivity contribution in [3.8, 4) is 0 Å². The molecule has 0 aromatic rings. The largest absolute Gasteiger partial charge is 0.477 e. The summed E-state index contributed by atoms with van der Waals surface area (Å²) < 4.78 is 22.7. The number of carboxylic acids is 1. The van der Waals surface area contributed by atoms with E-state index in [1.54, 1.807) is 0 Å². The van der Waals surface area contributed by atoms with Gasteiger partial charge >= 0.3 is 17.9 Å². The van der Waals surface area contributed by atoms with Crippen molar-refractivity contribution in [3.05, 3.63) is 48.6 Å². The average Bonchev–Trinajstić information content (AvgIpc) is 3.17. The van der Waals surface area contributed by atoms with Gasteiger partial charge in [-0.1, -0.05) is 165 Å². The number of ether oxygens (including phenoxy) is 4. The number of hydrogen-bond acceptors (Lipinski definition) is 7. The van der Waals surface area contributed by atoms with Crippen LogP contribution in [0.5, 0.6) is 0 Å². The third-order valence-corrected chi connectivity index (χ3v) is 9.60. The highest BCUT2D eigenvalue weighted by Crippen LogP contribution is 2.14. The molecule has 0 aliphatic heterocycles. The van der Waals surface area contributed by atoms with E-state index in [-0.39, 0.29) is 32.2 Å². The molecule has 0 aromatic heterocycles. The van der Waals surface area contributed by atoms with Crippen LogP contribution in [0.3, 0.4) is 0 Å². The maximum absolute atomic E-state index is 12.8. The molecule has 9 nitrogen and oxygen atoms in total. The molecule has 0 aromatic carbocycles. The number of hydrogen-bond donors (Lipinski definition) is 1. The molecule has 0 heterocycles. The summed E-state index contributed by atoms with van der Waals surface area (Å²) in [6.07, 6.45) is 43.2. The van der Waals surface area contributed by atoms with Crippen LogP contribution in [-0.4, -0.2) is 87.4 Å². The van der Waals surface area contributed by atoms with Gasteiger partial charge in [0.1, 0.15) is 13.2 Å². The predicted molar refractivity (Wildman–Crippen MR) is 235 cm³/mol. The van der Waals surface area contributed by atoms with Gasteiger partial charge in [-0.05, 0) is 51.4 Å². The highest BCUT2D eigenvalue weighted by molar-refractivity contribution is 5.71. The minimum absolute atomic E-state index is 0.183. The molecule has 0 saturated heterocycles. The Bertz CT molecular complexity index is 1080. The predicted octanol–water partition coefficient (Wildman–Crippen LogP) is 12.0. The third kappa shape index (κ3) is 41.2. The van der Waals surface area contributed by atoms with Crippen molar-refractivity contribution in [1.82, 2.24) is 0 Å². The van der Waals surface area contributed by atoms with E-state index in [0.717, 1.165) is 70.6 Å². The maximum Gasteiger partial charge on any atom is 0.361 e. The molecule has 0 fully saturated rings. The van der Waals surface area contributed by atoms with Crippen LogP contribution in [0.1, 0.15) is 181 Å². The fraction of sp³-hybridized carbons (Fsp3) is 0.771. The Balaban J connectivity index is 4.31. The van der Waals surface area contributed by atoms with Crippen LogP contribution < -0.4 is 0 Å². The first-order chi connectivity index (χ1) is 27.6. The van der Waals surface area contributed by atoms with Crippen LogP contribution in [0.4, 0.5) is 0 Å². The van der Waals surface area contributed by atoms with Crippen LogP contribution >= 0.6 is 0 Å². The van der Waals surface area contributed by atoms with E-state index in [1.165, 1.54) is 77.0 Å². The Morgan fingerprint density at radius 1 is 0.544 bits per heavy atom. The van der Waals surface area contributed by atoms with Crippen molar-refractivity contribution < 1.29 is 42.9 Å². The van der Waals surface area contributed by atoms with Crippen LogP contribution in [0, 0.1) is 0 Å². The van der Waals surface area contributed by atoms with Gasteiger partial charge in [-0.25, -0.2) is 4.79 Å². The molecule has 0 saturated carbocycles. The average molecular weight is 805 g/mol. The normalized spacial score (nSPS) is 13.4. The van der Waals surface area contributed by atoms with Crippen LogP contribution in [-0.2, 0) is 33.3 Å². The molecule has 57 heavy (non-hydrogen) atoms. The van der Waals surface area contributed by atoms with Gasteiger partial charge in [0.15, 0.2) is 6.10 Å². The number of likely N-dealkylation sites (N-methyl/N-ethyl adjacent to an activating group) is 1. The van der Waals surface area contributed by atoms with Crippen LogP contribution in [0.25, 0.3) is 0 Å². The summed E-state index contributed by atoms with van der Waals surface area (Å²) in [5, 5.41) is 9.62. The van der Waals surface area contributed by atoms with Crippen molar-refractivity contribution in [1.29, 1.82) is 0 Å². The number of aliphatic carboxylic acids is 1. The lowest BCUT2D eigenvalue weighted by molar-refractivity contribution is -0.870. The maximum atomic E-state index is 12.8. The highest BCUT2D eigenvalue weighted by Gasteiger charge is 2.25. The lowest BCUT2D eigenvalue weighted by Crippen LogP contribution is -2.40. The second kappa shape index (κ2) is 40.0. The number of allylic oxidation sites excluding steroid dienone is 8. The summed E-state index contributed by atoms with van der Waals surface area (Å²) in [4.78, 5) is 37.0. The standard InChI is InChI=1S/C48H85NO8/c1-6-8-10-12-14-16-17-18-19-20-21-22-23-24-25-26-27-28-29-31-33-35-37-39-46(51)57-44(43-56-48(47(52)53)54-41-40-49(3,4)5)42-55-45(50)38-36-34-32-30-15-13-11-9-7-2/h8,10,14,16,18-19,21-22,44,48H,6-7,9,11-13,15,17,20,23-43H2,1-5H3/p+1/b10-8-,16-14-,19-18-,22-21-. The van der Waals surface area contributed by atoms with Crippen molar-refractivity contribution in [2.75, 3.05) is 47.5 Å². The van der Waals surface area contributed by atoms with E-state index in [0.29, 0.717) is 23.9 Å². The summed E-state index contributed by atoms with van der Waals surface area (Å²) in [6, 6.07) is 0. The Labute approximate surface area is 349 Å². The minimum Gasteiger partial charge on any atom is -0.477 e. The fourth-order valence-electron chi connectivity index (χ4n) is 6.06. The van der Waals surface area contributed by atoms with E-state index < -0.39 is 24.3 Å². The molecule has 1 N–H and O–H groups in total. The first-order valence-corrected chi connectivity index (χ1v) is 22.8. The van der Waals surface area contributed by atoms with Gasteiger partial charge in [-0.15, -0.1) is 0 Å². The van der Waals surface area contributed by atoms with E-state index in [2.05, 4.69) is 62.5 Å². The Hall–Kier alpha value is -2.75. The van der Waals surface area contributed by atoms with Crippen LogP contribution in [0.2, 0.25) is 0 Å². The third-order valence-electron chi connectivity index (χ3n) is 9.60. The molecule has 0 spiro atoms. The van der Waals surface area contributed by atoms with Gasteiger partial charge in [0.25, 0.3) is 6.29 Å². The number of carboxylic acid groups (broad SMARTS) is 1. The van der Waals surface area contributed by atoms with E-state index >= 15 is 0 Å². The number of carbonyl (C=O) groups is 3. The van der Waals surface area contributed by atoms with Gasteiger partial charge in [0, 0.05) is 12.8 Å². The van der Waals surface area contributed by atoms with E-state index in [1.807, 2.05) is 21.1 Å². The summed E-state index contributed by atoms with van der Waals surface area (Å²) in [5.74, 6) is -2.02. The molecule has 2 atom stereocenters. The molecule has 0 rings (SSSR count). The fourth-order valence-corrected chi connectivity index (χ4v) is 6.06. The zero-order valence-corrected chi connectivity index (χ0v) is 37.2. The zero-order valence-electron chi connectivity index (χ0n) is 37.2. The Morgan fingerprint density at radius 3 is 1.49 bits per heavy atom. The molecular formula is C48H86NO8+. The van der Waals surface area contributed by atoms with Crippen molar-refractivity contribution in [2.45, 2.75) is 193 Å². The molecule has 0 aliphatic rings. The van der Waals surface area contributed by atoms with Gasteiger partial charge in [-0.2, -0.15) is 0 Å². The molecule has 0 bridgehead atoms. The quantitative estimate of drug-likeness (QED) is 0.0214. The molecule has 9 heteroatoms. The number of carbonyl (C=O) groups excluding carboxylic acids is 2. The number of rotatable bonds is 41. The SMILES string of the molecule is CC/C=C\C/C=C\C/C=C\C/C=C\CCCCCCCCCCCCC(=O)OC(COC(=O)CCCCCCCCCCC)COC(OCC[N+](C)(C)C)C(=O)O. The number of quaternary nitrogens is 1. The lowest BCUT2D eigenvalue weighted by atomic mass is 10.0. The lowest BCUT2D eigenvalue weighted by Gasteiger charge is -2.25. The van der Waals surface area contributed by atoms with E-state index in [4.69, 9.17) is 18.9 Å². The first kappa shape index (κ1) is 54.2. The molecule has 2 unspecified atom stereocenters. The van der Waals surface area contributed by atoms with Crippen molar-refractivity contribution in [3.63, 3.8) is 0 Å². The monoisotopic (exact) mass is 805 g/mol. The van der Waals surface area contributed by atoms with Gasteiger partial charge in [0.2, 0.25) is 0 Å². The number of esters is 2. The first-order valence-electron chi connectivity index (χ1n) is 22.8. The summed E-state index contributed by atoms with van der Waals surface area (Å²) in [6.45, 7) is 4.72. The Kier molecular flexibility index (Phi) is 38.1. The zero-order chi connectivity index (χ0) is 42.1. The molecule has 0 amide bonds. The van der Waals surface area contributed by atoms with Gasteiger partial charge < -0.3 is 28.5 Å². The number of nitrogens with zero attached hydrogens (tertiary/aromatic N) is 1. The Morgan fingerprint density at radius 2 is 1.00 bits per heavy atom. The van der Waals surface area contributed by atoms with Crippen molar-refractivity contribution in [2.24, 2.45) is 0 Å². The topological polar surface area (TPSA) is 108 Å². The van der Waals surface area contributed by atoms with Crippen LogP contribution in [0.15, 0.2) is 48.6 Å². The summed E-state index contributed by atoms with van der Waals surface area (Å²) in [7, 11) is 5.95. The summed E-state index contributed by atoms with van der Waals surface area (Å²) >= 11 is 0. The van der Waals surface area contributed by atoms with E-state index in [9.17, 15) is 19.5 Å². The van der Waals surface area contributed by atoms with Crippen molar-refractivity contribution >= 4 is 17.9 Å².